The number of amides is 1. The van der Waals surface area contributed by atoms with Crippen LogP contribution in [0.4, 0.5) is 0 Å². The van der Waals surface area contributed by atoms with Gasteiger partial charge in [-0.15, -0.1) is 0 Å². The quantitative estimate of drug-likeness (QED) is 0.853. The zero-order valence-corrected chi connectivity index (χ0v) is 14.8. The Hall–Kier alpha value is -1.85. The molecule has 1 aromatic carbocycles. The fraction of sp³-hybridized carbons (Fsp3) is 0.444. The molecule has 0 aliphatic carbocycles. The smallest absolute Gasteiger partial charge is 0.227 e. The summed E-state index contributed by atoms with van der Waals surface area (Å²) in [6.45, 7) is 7.94. The van der Waals surface area contributed by atoms with Crippen LogP contribution in [0, 0.1) is 13.8 Å². The van der Waals surface area contributed by atoms with Crippen molar-refractivity contribution in [2.45, 2.75) is 26.8 Å². The van der Waals surface area contributed by atoms with Crippen LogP contribution < -0.4 is 0 Å². The van der Waals surface area contributed by atoms with Crippen molar-refractivity contribution in [3.05, 3.63) is 51.9 Å². The second-order valence-corrected chi connectivity index (χ2v) is 6.64. The average molecular weight is 348 g/mol. The number of hydrogen-bond acceptors (Lipinski definition) is 4. The third kappa shape index (κ3) is 3.79. The van der Waals surface area contributed by atoms with Gasteiger partial charge in [0.05, 0.1) is 12.1 Å². The van der Waals surface area contributed by atoms with Crippen molar-refractivity contribution >= 4 is 17.5 Å². The summed E-state index contributed by atoms with van der Waals surface area (Å²) in [7, 11) is 0. The lowest BCUT2D eigenvalue weighted by Crippen LogP contribution is -2.48. The molecular formula is C18H22ClN3O2. The van der Waals surface area contributed by atoms with Gasteiger partial charge >= 0.3 is 0 Å². The molecule has 1 aromatic heterocycles. The van der Waals surface area contributed by atoms with Gasteiger partial charge in [-0.2, -0.15) is 0 Å². The monoisotopic (exact) mass is 347 g/mol. The van der Waals surface area contributed by atoms with Crippen molar-refractivity contribution in [1.29, 1.82) is 0 Å². The first kappa shape index (κ1) is 17.0. The van der Waals surface area contributed by atoms with E-state index in [1.165, 1.54) is 0 Å². The number of aromatic nitrogens is 1. The minimum atomic E-state index is 0.139. The first-order chi connectivity index (χ1) is 11.5. The molecule has 5 nitrogen and oxygen atoms in total. The van der Waals surface area contributed by atoms with Gasteiger partial charge in [0.25, 0.3) is 0 Å². The van der Waals surface area contributed by atoms with Crippen molar-refractivity contribution in [1.82, 2.24) is 15.0 Å². The van der Waals surface area contributed by atoms with Crippen molar-refractivity contribution < 1.29 is 9.32 Å². The van der Waals surface area contributed by atoms with E-state index in [2.05, 4.69) is 10.1 Å². The van der Waals surface area contributed by atoms with Gasteiger partial charge in [0.15, 0.2) is 0 Å². The maximum atomic E-state index is 12.5. The zero-order valence-electron chi connectivity index (χ0n) is 14.1. The molecule has 0 spiro atoms. The minimum absolute atomic E-state index is 0.139. The van der Waals surface area contributed by atoms with Gasteiger partial charge < -0.3 is 9.42 Å². The van der Waals surface area contributed by atoms with Crippen LogP contribution in [0.15, 0.2) is 28.8 Å². The molecule has 24 heavy (non-hydrogen) atoms. The summed E-state index contributed by atoms with van der Waals surface area (Å²) in [6.07, 6.45) is 0.365. The Labute approximate surface area is 147 Å². The van der Waals surface area contributed by atoms with Gasteiger partial charge in [0.1, 0.15) is 5.76 Å². The number of carbonyl (C=O) groups is 1. The molecule has 1 saturated heterocycles. The largest absolute Gasteiger partial charge is 0.361 e. The topological polar surface area (TPSA) is 49.6 Å². The predicted octanol–water partition coefficient (Wildman–Crippen LogP) is 2.83. The molecule has 0 unspecified atom stereocenters. The van der Waals surface area contributed by atoms with Gasteiger partial charge in [-0.1, -0.05) is 35.0 Å². The number of benzene rings is 1. The number of nitrogens with zero attached hydrogens (tertiary/aromatic N) is 3. The predicted molar refractivity (Wildman–Crippen MR) is 93.0 cm³/mol. The molecule has 1 fully saturated rings. The van der Waals surface area contributed by atoms with E-state index in [0.717, 1.165) is 55.3 Å². The van der Waals surface area contributed by atoms with Gasteiger partial charge in [-0.3, -0.25) is 9.69 Å². The Morgan fingerprint density at radius 2 is 1.92 bits per heavy atom. The van der Waals surface area contributed by atoms with Crippen LogP contribution in [0.2, 0.25) is 5.02 Å². The van der Waals surface area contributed by atoms with E-state index < -0.39 is 0 Å². The summed E-state index contributed by atoms with van der Waals surface area (Å²) in [5.74, 6) is 1.02. The van der Waals surface area contributed by atoms with Gasteiger partial charge in [0.2, 0.25) is 5.91 Å². The van der Waals surface area contributed by atoms with E-state index in [9.17, 15) is 4.79 Å². The van der Waals surface area contributed by atoms with E-state index in [4.69, 9.17) is 16.1 Å². The first-order valence-corrected chi connectivity index (χ1v) is 8.57. The van der Waals surface area contributed by atoms with E-state index >= 15 is 0 Å². The number of carbonyl (C=O) groups excluding carboxylic acids is 1. The average Bonchev–Trinajstić information content (AvgIpc) is 2.89. The number of aryl methyl sites for hydroxylation is 2. The second kappa shape index (κ2) is 7.36. The lowest BCUT2D eigenvalue weighted by molar-refractivity contribution is -0.132. The molecule has 0 atom stereocenters. The molecule has 3 rings (SSSR count). The van der Waals surface area contributed by atoms with Gasteiger partial charge in [0, 0.05) is 43.3 Å². The Bertz CT molecular complexity index is 701. The number of rotatable bonds is 4. The number of hydrogen-bond donors (Lipinski definition) is 0. The fourth-order valence-corrected chi connectivity index (χ4v) is 3.23. The molecule has 128 valence electrons. The molecule has 0 N–H and O–H groups in total. The normalized spacial score (nSPS) is 15.7. The van der Waals surface area contributed by atoms with Gasteiger partial charge in [-0.25, -0.2) is 0 Å². The SMILES string of the molecule is Cc1noc(C)c1CN1CCN(C(=O)Cc2ccccc2Cl)CC1. The third-order valence-electron chi connectivity index (χ3n) is 4.59. The maximum absolute atomic E-state index is 12.5. The third-order valence-corrected chi connectivity index (χ3v) is 4.96. The Morgan fingerprint density at radius 1 is 1.21 bits per heavy atom. The fourth-order valence-electron chi connectivity index (χ4n) is 3.02. The minimum Gasteiger partial charge on any atom is -0.361 e. The van der Waals surface area contributed by atoms with Gasteiger partial charge in [-0.05, 0) is 25.5 Å². The molecule has 6 heteroatoms. The van der Waals surface area contributed by atoms with Crippen LogP contribution in [0.1, 0.15) is 22.6 Å². The van der Waals surface area contributed by atoms with E-state index in [-0.39, 0.29) is 5.91 Å². The first-order valence-electron chi connectivity index (χ1n) is 8.20. The summed E-state index contributed by atoms with van der Waals surface area (Å²) in [5, 5.41) is 4.66. The molecule has 0 saturated carbocycles. The molecular weight excluding hydrogens is 326 g/mol. The summed E-state index contributed by atoms with van der Waals surface area (Å²) < 4.78 is 5.22. The van der Waals surface area contributed by atoms with Crippen LogP contribution in [0.5, 0.6) is 0 Å². The highest BCUT2D eigenvalue weighted by Crippen LogP contribution is 2.18. The Morgan fingerprint density at radius 3 is 2.54 bits per heavy atom. The maximum Gasteiger partial charge on any atom is 0.227 e. The molecule has 1 aliphatic rings. The molecule has 0 bridgehead atoms. The Kier molecular flexibility index (Phi) is 5.21. The highest BCUT2D eigenvalue weighted by atomic mass is 35.5. The van der Waals surface area contributed by atoms with Crippen LogP contribution in [0.25, 0.3) is 0 Å². The lowest BCUT2D eigenvalue weighted by atomic mass is 10.1. The molecule has 1 aliphatic heterocycles. The second-order valence-electron chi connectivity index (χ2n) is 6.23. The van der Waals surface area contributed by atoms with Crippen molar-refractivity contribution in [3.8, 4) is 0 Å². The van der Waals surface area contributed by atoms with Crippen molar-refractivity contribution in [2.24, 2.45) is 0 Å². The summed E-state index contributed by atoms with van der Waals surface area (Å²) in [6, 6.07) is 7.53. The van der Waals surface area contributed by atoms with Crippen LogP contribution in [-0.4, -0.2) is 47.0 Å². The number of piperazine rings is 1. The molecule has 1 amide bonds. The summed E-state index contributed by atoms with van der Waals surface area (Å²) in [5.41, 5.74) is 3.00. The number of halogens is 1. The van der Waals surface area contributed by atoms with Crippen molar-refractivity contribution in [3.63, 3.8) is 0 Å². The highest BCUT2D eigenvalue weighted by Gasteiger charge is 2.23. The van der Waals surface area contributed by atoms with E-state index in [0.29, 0.717) is 11.4 Å². The van der Waals surface area contributed by atoms with Crippen molar-refractivity contribution in [2.75, 3.05) is 26.2 Å². The van der Waals surface area contributed by atoms with E-state index in [1.807, 2.05) is 43.0 Å². The van der Waals surface area contributed by atoms with Crippen LogP contribution >= 0.6 is 11.6 Å². The summed E-state index contributed by atoms with van der Waals surface area (Å²) in [4.78, 5) is 16.7. The lowest BCUT2D eigenvalue weighted by Gasteiger charge is -2.34. The molecule has 2 aromatic rings. The summed E-state index contributed by atoms with van der Waals surface area (Å²) >= 11 is 6.15. The zero-order chi connectivity index (χ0) is 17.1. The standard InChI is InChI=1S/C18H22ClN3O2/c1-13-16(14(2)24-20-13)12-21-7-9-22(10-8-21)18(23)11-15-5-3-4-6-17(15)19/h3-6H,7-12H2,1-2H3. The highest BCUT2D eigenvalue weighted by molar-refractivity contribution is 6.31. The Balaban J connectivity index is 1.53. The molecule has 2 heterocycles. The molecule has 0 radical (unpaired) electrons. The van der Waals surface area contributed by atoms with Crippen LogP contribution in [0.3, 0.4) is 0 Å². The van der Waals surface area contributed by atoms with E-state index in [1.54, 1.807) is 0 Å². The van der Waals surface area contributed by atoms with Crippen LogP contribution in [-0.2, 0) is 17.8 Å².